The zero-order valence-electron chi connectivity index (χ0n) is 12.2. The van der Waals surface area contributed by atoms with Crippen LogP contribution in [-0.4, -0.2) is 18.5 Å². The van der Waals surface area contributed by atoms with Gasteiger partial charge in [-0.2, -0.15) is 0 Å². The van der Waals surface area contributed by atoms with Crippen molar-refractivity contribution in [3.63, 3.8) is 0 Å². The molecule has 1 aliphatic rings. The lowest BCUT2D eigenvalue weighted by Crippen LogP contribution is -2.40. The van der Waals surface area contributed by atoms with Crippen molar-refractivity contribution in [3.8, 4) is 0 Å². The Hall–Kier alpha value is -0.480. The number of alkyl halides is 2. The first-order valence-corrected chi connectivity index (χ1v) is 8.62. The van der Waals surface area contributed by atoms with Crippen LogP contribution in [0.2, 0.25) is 0 Å². The Balaban J connectivity index is 1.86. The molecule has 0 aromatic carbocycles. The maximum Gasteiger partial charge on any atom is 0.248 e. The number of thiophene rings is 1. The minimum absolute atomic E-state index is 0.0704. The second-order valence-electron chi connectivity index (χ2n) is 5.87. The first-order valence-electron chi connectivity index (χ1n) is 7.74. The number of nitrogens with one attached hydrogen (secondary N) is 1. The lowest BCUT2D eigenvalue weighted by atomic mass is 9.80. The molecule has 1 aromatic rings. The molecule has 0 saturated heterocycles. The van der Waals surface area contributed by atoms with Gasteiger partial charge in [-0.15, -0.1) is 11.3 Å². The second kappa shape index (κ2) is 7.51. The van der Waals surface area contributed by atoms with Gasteiger partial charge in [-0.3, -0.25) is 0 Å². The normalized spacial score (nSPS) is 20.9. The van der Waals surface area contributed by atoms with Gasteiger partial charge in [0.15, 0.2) is 0 Å². The number of rotatable bonds is 7. The molecule has 1 aromatic heterocycles. The molecule has 1 unspecified atom stereocenters. The summed E-state index contributed by atoms with van der Waals surface area (Å²) in [5, 5.41) is 5.69. The molecular formula is C16H25F2NS. The van der Waals surface area contributed by atoms with E-state index in [2.05, 4.69) is 29.8 Å². The molecule has 2 rings (SSSR count). The molecule has 0 amide bonds. The Bertz CT molecular complexity index is 368. The van der Waals surface area contributed by atoms with Gasteiger partial charge < -0.3 is 5.32 Å². The molecule has 0 bridgehead atoms. The van der Waals surface area contributed by atoms with Gasteiger partial charge in [0.25, 0.3) is 0 Å². The van der Waals surface area contributed by atoms with Gasteiger partial charge in [0.2, 0.25) is 5.92 Å². The van der Waals surface area contributed by atoms with Crippen LogP contribution in [0.5, 0.6) is 0 Å². The average molecular weight is 301 g/mol. The lowest BCUT2D eigenvalue weighted by Gasteiger charge is -2.34. The number of hydrogen-bond donors (Lipinski definition) is 1. The Morgan fingerprint density at radius 3 is 2.75 bits per heavy atom. The van der Waals surface area contributed by atoms with Crippen molar-refractivity contribution in [1.82, 2.24) is 5.32 Å². The SMILES string of the molecule is CCCNC(CCc1cccs1)C1CCC(F)(F)CC1. The van der Waals surface area contributed by atoms with Crippen LogP contribution in [0.3, 0.4) is 0 Å². The van der Waals surface area contributed by atoms with Crippen molar-refractivity contribution in [3.05, 3.63) is 22.4 Å². The van der Waals surface area contributed by atoms with Crippen molar-refractivity contribution in [2.45, 2.75) is 63.8 Å². The molecule has 1 aliphatic carbocycles. The first-order chi connectivity index (χ1) is 9.61. The summed E-state index contributed by atoms with van der Waals surface area (Å²) in [4.78, 5) is 1.40. The summed E-state index contributed by atoms with van der Waals surface area (Å²) < 4.78 is 26.6. The van der Waals surface area contributed by atoms with Gasteiger partial charge in [0.05, 0.1) is 0 Å². The molecule has 0 aliphatic heterocycles. The fraction of sp³-hybridized carbons (Fsp3) is 0.750. The largest absolute Gasteiger partial charge is 0.314 e. The van der Waals surface area contributed by atoms with Crippen LogP contribution >= 0.6 is 11.3 Å². The maximum atomic E-state index is 13.3. The summed E-state index contributed by atoms with van der Waals surface area (Å²) in [7, 11) is 0. The summed E-state index contributed by atoms with van der Waals surface area (Å²) in [5.74, 6) is -2.00. The summed E-state index contributed by atoms with van der Waals surface area (Å²) in [6.07, 6.45) is 4.70. The van der Waals surface area contributed by atoms with E-state index in [1.807, 2.05) is 0 Å². The lowest BCUT2D eigenvalue weighted by molar-refractivity contribution is -0.0498. The fourth-order valence-corrected chi connectivity index (χ4v) is 3.78. The summed E-state index contributed by atoms with van der Waals surface area (Å²) >= 11 is 1.79. The number of hydrogen-bond acceptors (Lipinski definition) is 2. The quantitative estimate of drug-likeness (QED) is 0.757. The smallest absolute Gasteiger partial charge is 0.248 e. The molecule has 20 heavy (non-hydrogen) atoms. The third-order valence-electron chi connectivity index (χ3n) is 4.27. The van der Waals surface area contributed by atoms with Crippen LogP contribution in [0.1, 0.15) is 50.3 Å². The van der Waals surface area contributed by atoms with E-state index in [9.17, 15) is 8.78 Å². The molecule has 1 N–H and O–H groups in total. The van der Waals surface area contributed by atoms with Crippen LogP contribution in [-0.2, 0) is 6.42 Å². The standard InChI is InChI=1S/C16H25F2NS/c1-2-11-19-15(6-5-14-4-3-12-20-14)13-7-9-16(17,18)10-8-13/h3-4,12-13,15,19H,2,5-11H2,1H3. The molecule has 1 saturated carbocycles. The minimum Gasteiger partial charge on any atom is -0.314 e. The predicted octanol–water partition coefficient (Wildman–Crippen LogP) is 4.87. The van der Waals surface area contributed by atoms with E-state index >= 15 is 0 Å². The minimum atomic E-state index is -2.42. The van der Waals surface area contributed by atoms with Crippen LogP contribution in [0.4, 0.5) is 8.78 Å². The molecule has 1 atom stereocenters. The molecule has 4 heteroatoms. The Morgan fingerprint density at radius 1 is 1.40 bits per heavy atom. The number of halogens is 2. The molecule has 1 heterocycles. The first kappa shape index (κ1) is 15.9. The molecule has 0 spiro atoms. The van der Waals surface area contributed by atoms with Gasteiger partial charge in [-0.1, -0.05) is 13.0 Å². The molecular weight excluding hydrogens is 276 g/mol. The van der Waals surface area contributed by atoms with E-state index in [0.29, 0.717) is 24.8 Å². The molecule has 1 nitrogen and oxygen atoms in total. The Morgan fingerprint density at radius 2 is 2.15 bits per heavy atom. The second-order valence-corrected chi connectivity index (χ2v) is 6.90. The number of aryl methyl sites for hydroxylation is 1. The van der Waals surface area contributed by atoms with E-state index in [1.165, 1.54) is 4.88 Å². The van der Waals surface area contributed by atoms with Gasteiger partial charge in [-0.25, -0.2) is 8.78 Å². The van der Waals surface area contributed by atoms with Crippen molar-refractivity contribution in [2.75, 3.05) is 6.54 Å². The van der Waals surface area contributed by atoms with E-state index in [1.54, 1.807) is 11.3 Å². The third kappa shape index (κ3) is 4.81. The summed E-state index contributed by atoms with van der Waals surface area (Å²) in [6.45, 7) is 3.14. The monoisotopic (exact) mass is 301 g/mol. The van der Waals surface area contributed by atoms with Crippen LogP contribution in [0.25, 0.3) is 0 Å². The van der Waals surface area contributed by atoms with E-state index < -0.39 is 5.92 Å². The van der Waals surface area contributed by atoms with Crippen molar-refractivity contribution in [2.24, 2.45) is 5.92 Å². The van der Waals surface area contributed by atoms with Crippen LogP contribution in [0, 0.1) is 5.92 Å². The highest BCUT2D eigenvalue weighted by Crippen LogP contribution is 2.38. The third-order valence-corrected chi connectivity index (χ3v) is 5.21. The van der Waals surface area contributed by atoms with Crippen LogP contribution in [0.15, 0.2) is 17.5 Å². The zero-order chi connectivity index (χ0) is 14.4. The van der Waals surface area contributed by atoms with Gasteiger partial charge >= 0.3 is 0 Å². The predicted molar refractivity (Wildman–Crippen MR) is 81.6 cm³/mol. The molecule has 114 valence electrons. The maximum absolute atomic E-state index is 13.3. The topological polar surface area (TPSA) is 12.0 Å². The summed E-state index contributed by atoms with van der Waals surface area (Å²) in [6, 6.07) is 4.64. The van der Waals surface area contributed by atoms with E-state index in [4.69, 9.17) is 0 Å². The van der Waals surface area contributed by atoms with E-state index in [0.717, 1.165) is 25.8 Å². The van der Waals surface area contributed by atoms with E-state index in [-0.39, 0.29) is 12.8 Å². The Kier molecular flexibility index (Phi) is 5.97. The van der Waals surface area contributed by atoms with Gasteiger partial charge in [0.1, 0.15) is 0 Å². The summed E-state index contributed by atoms with van der Waals surface area (Å²) in [5.41, 5.74) is 0. The molecule has 1 fully saturated rings. The van der Waals surface area contributed by atoms with Crippen molar-refractivity contribution in [1.29, 1.82) is 0 Å². The highest BCUT2D eigenvalue weighted by Gasteiger charge is 2.37. The highest BCUT2D eigenvalue weighted by molar-refractivity contribution is 7.09. The van der Waals surface area contributed by atoms with Gasteiger partial charge in [0, 0.05) is 23.8 Å². The Labute approximate surface area is 124 Å². The highest BCUT2D eigenvalue weighted by atomic mass is 32.1. The average Bonchev–Trinajstić information content (AvgIpc) is 2.93. The molecule has 0 radical (unpaired) electrons. The van der Waals surface area contributed by atoms with Crippen molar-refractivity contribution < 1.29 is 8.78 Å². The van der Waals surface area contributed by atoms with Crippen LogP contribution < -0.4 is 5.32 Å². The van der Waals surface area contributed by atoms with Gasteiger partial charge in [-0.05, 0) is 56.0 Å². The fourth-order valence-electron chi connectivity index (χ4n) is 3.05. The van der Waals surface area contributed by atoms with Crippen molar-refractivity contribution >= 4 is 11.3 Å². The zero-order valence-corrected chi connectivity index (χ0v) is 13.0.